The van der Waals surface area contributed by atoms with E-state index in [0.717, 1.165) is 23.1 Å². The zero-order valence-corrected chi connectivity index (χ0v) is 13.5. The normalized spacial score (nSPS) is 12.6. The average molecular weight is 304 g/mol. The van der Waals surface area contributed by atoms with Gasteiger partial charge in [-0.25, -0.2) is 4.57 Å². The Labute approximate surface area is 119 Å². The summed E-state index contributed by atoms with van der Waals surface area (Å²) in [5.41, 5.74) is 2.45. The number of phosphoric acid groups is 1. The Morgan fingerprint density at radius 3 is 2.37 bits per heavy atom. The van der Waals surface area contributed by atoms with Crippen molar-refractivity contribution in [3.05, 3.63) is 28.8 Å². The quantitative estimate of drug-likeness (QED) is 0.576. The summed E-state index contributed by atoms with van der Waals surface area (Å²) < 4.78 is 16.0. The fourth-order valence-electron chi connectivity index (χ4n) is 2.40. The molecule has 1 rings (SSSR count). The van der Waals surface area contributed by atoms with Crippen LogP contribution in [-0.2, 0) is 9.98 Å². The van der Waals surface area contributed by atoms with Crippen molar-refractivity contribution in [3.63, 3.8) is 0 Å². The van der Waals surface area contributed by atoms with E-state index in [1.165, 1.54) is 0 Å². The van der Waals surface area contributed by atoms with E-state index in [1.807, 2.05) is 33.8 Å². The number of rotatable bonds is 5. The topological polar surface area (TPSA) is 66.8 Å². The number of benzene rings is 1. The van der Waals surface area contributed by atoms with Crippen molar-refractivity contribution in [1.82, 2.24) is 0 Å². The molecule has 0 spiro atoms. The molecule has 0 aliphatic carbocycles. The first-order chi connectivity index (χ1) is 8.57. The lowest BCUT2D eigenvalue weighted by Gasteiger charge is -2.29. The van der Waals surface area contributed by atoms with Crippen LogP contribution in [0.15, 0.2) is 12.1 Å². The van der Waals surface area contributed by atoms with Crippen LogP contribution < -0.4 is 4.52 Å². The van der Waals surface area contributed by atoms with E-state index < -0.39 is 7.82 Å². The molecule has 0 aromatic heterocycles. The Morgan fingerprint density at radius 2 is 1.89 bits per heavy atom. The van der Waals surface area contributed by atoms with Gasteiger partial charge in [0.15, 0.2) is 0 Å². The maximum Gasteiger partial charge on any atom is 0.524 e. The summed E-state index contributed by atoms with van der Waals surface area (Å²) in [5, 5.41) is 0. The molecule has 19 heavy (non-hydrogen) atoms. The van der Waals surface area contributed by atoms with Gasteiger partial charge in [-0.2, -0.15) is 12.6 Å². The van der Waals surface area contributed by atoms with Crippen LogP contribution in [0.4, 0.5) is 0 Å². The number of hydrogen-bond donors (Lipinski definition) is 3. The third kappa shape index (κ3) is 4.53. The van der Waals surface area contributed by atoms with Crippen LogP contribution in [0.2, 0.25) is 0 Å². The summed E-state index contributed by atoms with van der Waals surface area (Å²) in [5.74, 6) is 0.952. The van der Waals surface area contributed by atoms with Crippen molar-refractivity contribution in [1.29, 1.82) is 0 Å². The summed E-state index contributed by atoms with van der Waals surface area (Å²) in [6, 6.07) is 3.66. The van der Waals surface area contributed by atoms with Crippen LogP contribution in [0.1, 0.15) is 37.0 Å². The molecule has 1 aromatic carbocycles. The van der Waals surface area contributed by atoms with Gasteiger partial charge < -0.3 is 4.52 Å². The van der Waals surface area contributed by atoms with E-state index in [-0.39, 0.29) is 11.2 Å². The highest BCUT2D eigenvalue weighted by molar-refractivity contribution is 7.80. The zero-order chi connectivity index (χ0) is 14.8. The molecular formula is C13H21O4PS. The number of thiol groups is 1. The van der Waals surface area contributed by atoms with Crippen molar-refractivity contribution in [2.45, 2.75) is 39.5 Å². The molecule has 0 unspecified atom stereocenters. The Morgan fingerprint density at radius 1 is 1.32 bits per heavy atom. The second-order valence-electron chi connectivity index (χ2n) is 5.39. The van der Waals surface area contributed by atoms with Gasteiger partial charge in [0.2, 0.25) is 0 Å². The Hall–Kier alpha value is -0.480. The lowest BCUT2D eigenvalue weighted by molar-refractivity contribution is 0.280. The minimum Gasteiger partial charge on any atom is -0.404 e. The lowest BCUT2D eigenvalue weighted by atomic mass is 9.79. The van der Waals surface area contributed by atoms with Gasteiger partial charge in [-0.15, -0.1) is 0 Å². The fourth-order valence-corrected chi connectivity index (χ4v) is 3.36. The Balaban J connectivity index is 3.40. The molecule has 0 aliphatic heterocycles. The first-order valence-electron chi connectivity index (χ1n) is 6.04. The molecule has 0 bridgehead atoms. The average Bonchev–Trinajstić information content (AvgIpc) is 2.11. The van der Waals surface area contributed by atoms with Crippen LogP contribution in [0.3, 0.4) is 0 Å². The summed E-state index contributed by atoms with van der Waals surface area (Å²) in [7, 11) is -4.56. The molecule has 1 aromatic rings. The second-order valence-corrected chi connectivity index (χ2v) is 7.01. The monoisotopic (exact) mass is 304 g/mol. The highest BCUT2D eigenvalue weighted by atomic mass is 32.1. The lowest BCUT2D eigenvalue weighted by Crippen LogP contribution is -2.20. The third-order valence-electron chi connectivity index (χ3n) is 3.07. The predicted molar refractivity (Wildman–Crippen MR) is 80.1 cm³/mol. The van der Waals surface area contributed by atoms with Gasteiger partial charge in [-0.1, -0.05) is 19.9 Å². The highest BCUT2D eigenvalue weighted by Gasteiger charge is 2.29. The largest absolute Gasteiger partial charge is 0.524 e. The molecule has 2 N–H and O–H groups in total. The minimum absolute atomic E-state index is 0.260. The first-order valence-corrected chi connectivity index (χ1v) is 8.21. The molecule has 0 heterocycles. The number of aryl methyl sites for hydroxylation is 2. The Bertz CT molecular complexity index is 508. The molecule has 0 atom stereocenters. The highest BCUT2D eigenvalue weighted by Crippen LogP contribution is 2.45. The molecule has 0 aliphatic rings. The molecule has 6 heteroatoms. The zero-order valence-electron chi connectivity index (χ0n) is 11.7. The molecule has 0 saturated carbocycles. The second kappa shape index (κ2) is 5.88. The molecule has 0 amide bonds. The summed E-state index contributed by atoms with van der Waals surface area (Å²) >= 11 is 4.24. The summed E-state index contributed by atoms with van der Waals surface area (Å²) in [6.45, 7) is 7.84. The minimum atomic E-state index is -4.56. The molecule has 0 radical (unpaired) electrons. The van der Waals surface area contributed by atoms with E-state index in [1.54, 1.807) is 6.07 Å². The summed E-state index contributed by atoms with van der Waals surface area (Å²) in [4.78, 5) is 18.1. The van der Waals surface area contributed by atoms with E-state index in [4.69, 9.17) is 14.3 Å². The molecule has 108 valence electrons. The van der Waals surface area contributed by atoms with Crippen LogP contribution >= 0.6 is 20.5 Å². The number of phosphoric ester groups is 1. The van der Waals surface area contributed by atoms with E-state index in [2.05, 4.69) is 12.6 Å². The van der Waals surface area contributed by atoms with E-state index in [9.17, 15) is 4.57 Å². The SMILES string of the molecule is Cc1cc(C)c(C(C)(C)CCS)c(OP(=O)(O)O)c1. The Kier molecular flexibility index (Phi) is 5.13. The van der Waals surface area contributed by atoms with Crippen molar-refractivity contribution >= 4 is 20.5 Å². The predicted octanol–water partition coefficient (Wildman–Crippen LogP) is 3.37. The van der Waals surface area contributed by atoms with E-state index >= 15 is 0 Å². The van der Waals surface area contributed by atoms with Crippen LogP contribution in [-0.4, -0.2) is 15.5 Å². The molecule has 4 nitrogen and oxygen atoms in total. The van der Waals surface area contributed by atoms with Gasteiger partial charge in [0.05, 0.1) is 0 Å². The first kappa shape index (κ1) is 16.6. The third-order valence-corrected chi connectivity index (χ3v) is 3.73. The smallest absolute Gasteiger partial charge is 0.404 e. The van der Waals surface area contributed by atoms with Crippen molar-refractivity contribution < 1.29 is 18.9 Å². The van der Waals surface area contributed by atoms with Crippen molar-refractivity contribution in [3.8, 4) is 5.75 Å². The molecule has 0 fully saturated rings. The summed E-state index contributed by atoms with van der Waals surface area (Å²) in [6.07, 6.45) is 0.789. The van der Waals surface area contributed by atoms with Gasteiger partial charge in [-0.3, -0.25) is 9.79 Å². The van der Waals surface area contributed by atoms with E-state index in [0.29, 0.717) is 5.75 Å². The van der Waals surface area contributed by atoms with Gasteiger partial charge in [0, 0.05) is 5.56 Å². The van der Waals surface area contributed by atoms with Gasteiger partial charge >= 0.3 is 7.82 Å². The van der Waals surface area contributed by atoms with Crippen molar-refractivity contribution in [2.24, 2.45) is 0 Å². The maximum atomic E-state index is 11.1. The molecule has 0 saturated heterocycles. The van der Waals surface area contributed by atoms with Gasteiger partial charge in [-0.05, 0) is 48.6 Å². The van der Waals surface area contributed by atoms with Crippen LogP contribution in [0.25, 0.3) is 0 Å². The fraction of sp³-hybridized carbons (Fsp3) is 0.538. The van der Waals surface area contributed by atoms with Crippen LogP contribution in [0.5, 0.6) is 5.75 Å². The van der Waals surface area contributed by atoms with Crippen LogP contribution in [0, 0.1) is 13.8 Å². The molecular weight excluding hydrogens is 283 g/mol. The van der Waals surface area contributed by atoms with Crippen molar-refractivity contribution in [2.75, 3.05) is 5.75 Å². The number of hydrogen-bond acceptors (Lipinski definition) is 3. The standard InChI is InChI=1S/C13H21O4PS/c1-9-7-10(2)12(13(3,4)5-6-19)11(8-9)17-18(14,15)16/h7-8,19H,5-6H2,1-4H3,(H2,14,15,16). The van der Waals surface area contributed by atoms with Gasteiger partial charge in [0.25, 0.3) is 0 Å². The van der Waals surface area contributed by atoms with Gasteiger partial charge in [0.1, 0.15) is 5.75 Å². The maximum absolute atomic E-state index is 11.1.